The van der Waals surface area contributed by atoms with Crippen molar-refractivity contribution in [1.29, 1.82) is 0 Å². The third-order valence-electron chi connectivity index (χ3n) is 2.70. The first kappa shape index (κ1) is 16.4. The van der Waals surface area contributed by atoms with Crippen LogP contribution in [0.25, 0.3) is 0 Å². The minimum absolute atomic E-state index is 0.150. The van der Waals surface area contributed by atoms with E-state index in [2.05, 4.69) is 25.5 Å². The smallest absolute Gasteiger partial charge is 0.260 e. The molecule has 2 rings (SSSR count). The van der Waals surface area contributed by atoms with E-state index >= 15 is 0 Å². The van der Waals surface area contributed by atoms with Crippen LogP contribution in [0.3, 0.4) is 0 Å². The molecule has 0 aliphatic rings. The zero-order valence-electron chi connectivity index (χ0n) is 13.1. The van der Waals surface area contributed by atoms with Gasteiger partial charge in [-0.25, -0.2) is 9.97 Å². The SMILES string of the molecule is CCOCc1nnc(NC(=O)c2cnc(C(C)(C)C)nc2)s1. The van der Waals surface area contributed by atoms with Crippen LogP contribution in [0.4, 0.5) is 5.13 Å². The fourth-order valence-electron chi connectivity index (χ4n) is 1.55. The van der Waals surface area contributed by atoms with Crippen molar-refractivity contribution in [3.63, 3.8) is 0 Å². The van der Waals surface area contributed by atoms with Crippen molar-refractivity contribution in [2.24, 2.45) is 0 Å². The van der Waals surface area contributed by atoms with Gasteiger partial charge in [0.1, 0.15) is 17.4 Å². The maximum absolute atomic E-state index is 12.1. The van der Waals surface area contributed by atoms with Crippen LogP contribution in [0, 0.1) is 0 Å². The van der Waals surface area contributed by atoms with E-state index in [4.69, 9.17) is 4.74 Å². The highest BCUT2D eigenvalue weighted by molar-refractivity contribution is 7.15. The molecule has 0 aliphatic heterocycles. The van der Waals surface area contributed by atoms with Crippen LogP contribution in [0.15, 0.2) is 12.4 Å². The van der Waals surface area contributed by atoms with Gasteiger partial charge in [-0.15, -0.1) is 10.2 Å². The summed E-state index contributed by atoms with van der Waals surface area (Å²) in [6.45, 7) is 8.97. The molecule has 7 nitrogen and oxygen atoms in total. The zero-order valence-corrected chi connectivity index (χ0v) is 13.9. The average Bonchev–Trinajstić information content (AvgIpc) is 2.92. The number of carbonyl (C=O) groups is 1. The molecule has 0 bridgehead atoms. The molecular formula is C14H19N5O2S. The molecule has 0 saturated heterocycles. The van der Waals surface area contributed by atoms with Gasteiger partial charge < -0.3 is 4.74 Å². The summed E-state index contributed by atoms with van der Waals surface area (Å²) in [5, 5.41) is 11.7. The Balaban J connectivity index is 2.01. The summed E-state index contributed by atoms with van der Waals surface area (Å²) in [5.41, 5.74) is 0.233. The van der Waals surface area contributed by atoms with Gasteiger partial charge in [-0.2, -0.15) is 0 Å². The van der Waals surface area contributed by atoms with Crippen LogP contribution in [0.1, 0.15) is 48.9 Å². The standard InChI is InChI=1S/C14H19N5O2S/c1-5-21-8-10-18-19-13(22-10)17-11(20)9-6-15-12(16-7-9)14(2,3)4/h6-7H,5,8H2,1-4H3,(H,17,19,20). The molecule has 0 fully saturated rings. The summed E-state index contributed by atoms with van der Waals surface area (Å²) < 4.78 is 5.24. The van der Waals surface area contributed by atoms with E-state index in [-0.39, 0.29) is 11.3 Å². The number of carbonyl (C=O) groups excluding carboxylic acids is 1. The first-order valence-corrected chi connectivity index (χ1v) is 7.76. The maximum Gasteiger partial charge on any atom is 0.260 e. The van der Waals surface area contributed by atoms with Crippen LogP contribution < -0.4 is 5.32 Å². The number of nitrogens with zero attached hydrogens (tertiary/aromatic N) is 4. The van der Waals surface area contributed by atoms with Crippen LogP contribution in [-0.4, -0.2) is 32.7 Å². The van der Waals surface area contributed by atoms with E-state index in [9.17, 15) is 4.79 Å². The zero-order chi connectivity index (χ0) is 16.2. The molecule has 0 aliphatic carbocycles. The average molecular weight is 321 g/mol. The van der Waals surface area contributed by atoms with Gasteiger partial charge in [0, 0.05) is 24.4 Å². The molecule has 1 N–H and O–H groups in total. The fraction of sp³-hybridized carbons (Fsp3) is 0.500. The van der Waals surface area contributed by atoms with Crippen LogP contribution in [0.2, 0.25) is 0 Å². The highest BCUT2D eigenvalue weighted by Crippen LogP contribution is 2.19. The Morgan fingerprint density at radius 1 is 1.27 bits per heavy atom. The molecule has 0 atom stereocenters. The second kappa shape index (κ2) is 6.89. The molecule has 8 heteroatoms. The minimum Gasteiger partial charge on any atom is -0.374 e. The number of nitrogens with one attached hydrogen (secondary N) is 1. The Hall–Kier alpha value is -1.93. The summed E-state index contributed by atoms with van der Waals surface area (Å²) in [6.07, 6.45) is 3.04. The molecule has 118 valence electrons. The van der Waals surface area contributed by atoms with Crippen LogP contribution >= 0.6 is 11.3 Å². The molecule has 2 aromatic rings. The van der Waals surface area contributed by atoms with Gasteiger partial charge in [-0.1, -0.05) is 32.1 Å². The maximum atomic E-state index is 12.1. The predicted octanol–water partition coefficient (Wildman–Crippen LogP) is 2.41. The third kappa shape index (κ3) is 4.28. The van der Waals surface area contributed by atoms with Crippen molar-refractivity contribution in [3.8, 4) is 0 Å². The van der Waals surface area contributed by atoms with Gasteiger partial charge in [0.2, 0.25) is 5.13 Å². The Kier molecular flexibility index (Phi) is 5.15. The normalized spacial score (nSPS) is 11.5. The summed E-state index contributed by atoms with van der Waals surface area (Å²) in [6, 6.07) is 0. The van der Waals surface area contributed by atoms with Crippen molar-refractivity contribution in [2.75, 3.05) is 11.9 Å². The summed E-state index contributed by atoms with van der Waals surface area (Å²) in [5.74, 6) is 0.388. The summed E-state index contributed by atoms with van der Waals surface area (Å²) >= 11 is 1.28. The van der Waals surface area contributed by atoms with E-state index in [1.807, 2.05) is 27.7 Å². The largest absolute Gasteiger partial charge is 0.374 e. The number of rotatable bonds is 5. The third-order valence-corrected chi connectivity index (χ3v) is 3.51. The lowest BCUT2D eigenvalue weighted by atomic mass is 9.96. The number of anilines is 1. The monoisotopic (exact) mass is 321 g/mol. The van der Waals surface area contributed by atoms with E-state index in [1.54, 1.807) is 0 Å². The van der Waals surface area contributed by atoms with Crippen molar-refractivity contribution >= 4 is 22.4 Å². The van der Waals surface area contributed by atoms with Gasteiger partial charge in [0.25, 0.3) is 5.91 Å². The van der Waals surface area contributed by atoms with Gasteiger partial charge in [-0.05, 0) is 6.92 Å². The number of amides is 1. The van der Waals surface area contributed by atoms with Crippen molar-refractivity contribution in [3.05, 3.63) is 28.8 Å². The molecule has 1 amide bonds. The Labute approximate surface area is 133 Å². The van der Waals surface area contributed by atoms with Crippen molar-refractivity contribution in [1.82, 2.24) is 20.2 Å². The fourth-order valence-corrected chi connectivity index (χ4v) is 2.23. The van der Waals surface area contributed by atoms with Gasteiger partial charge in [-0.3, -0.25) is 10.1 Å². The molecule has 0 spiro atoms. The topological polar surface area (TPSA) is 89.9 Å². The molecule has 0 saturated carbocycles. The van der Waals surface area contributed by atoms with Gasteiger partial charge in [0.15, 0.2) is 0 Å². The Bertz CT molecular complexity index is 633. The highest BCUT2D eigenvalue weighted by atomic mass is 32.1. The molecule has 0 aromatic carbocycles. The first-order valence-electron chi connectivity index (χ1n) is 6.94. The van der Waals surface area contributed by atoms with Crippen molar-refractivity contribution < 1.29 is 9.53 Å². The van der Waals surface area contributed by atoms with E-state index in [1.165, 1.54) is 23.7 Å². The Morgan fingerprint density at radius 2 is 1.95 bits per heavy atom. The molecule has 2 aromatic heterocycles. The minimum atomic E-state index is -0.306. The Morgan fingerprint density at radius 3 is 2.55 bits per heavy atom. The predicted molar refractivity (Wildman–Crippen MR) is 83.9 cm³/mol. The molecule has 22 heavy (non-hydrogen) atoms. The van der Waals surface area contributed by atoms with E-state index < -0.39 is 0 Å². The van der Waals surface area contributed by atoms with Crippen LogP contribution in [-0.2, 0) is 16.8 Å². The molecule has 2 heterocycles. The lowest BCUT2D eigenvalue weighted by Crippen LogP contribution is -2.18. The van der Waals surface area contributed by atoms with Gasteiger partial charge in [0.05, 0.1) is 5.56 Å². The second-order valence-electron chi connectivity index (χ2n) is 5.64. The molecular weight excluding hydrogens is 302 g/mol. The van der Waals surface area contributed by atoms with Crippen molar-refractivity contribution in [2.45, 2.75) is 39.7 Å². The van der Waals surface area contributed by atoms with E-state index in [0.717, 1.165) is 5.01 Å². The van der Waals surface area contributed by atoms with Gasteiger partial charge >= 0.3 is 0 Å². The number of hydrogen-bond acceptors (Lipinski definition) is 7. The number of hydrogen-bond donors (Lipinski definition) is 1. The summed E-state index contributed by atoms with van der Waals surface area (Å²) in [7, 11) is 0. The summed E-state index contributed by atoms with van der Waals surface area (Å²) in [4.78, 5) is 20.6. The highest BCUT2D eigenvalue weighted by Gasteiger charge is 2.18. The van der Waals surface area contributed by atoms with Crippen LogP contribution in [0.5, 0.6) is 0 Å². The molecule has 0 unspecified atom stereocenters. The number of ether oxygens (including phenoxy) is 1. The van der Waals surface area contributed by atoms with E-state index in [0.29, 0.717) is 29.7 Å². The molecule has 0 radical (unpaired) electrons. The first-order chi connectivity index (χ1) is 10.4. The lowest BCUT2D eigenvalue weighted by Gasteiger charge is -2.15. The lowest BCUT2D eigenvalue weighted by molar-refractivity contribution is 0.102. The quantitative estimate of drug-likeness (QED) is 0.909. The number of aromatic nitrogens is 4. The second-order valence-corrected chi connectivity index (χ2v) is 6.70.